The smallest absolute Gasteiger partial charge is 0.238 e. The van der Waals surface area contributed by atoms with Crippen LogP contribution in [0.3, 0.4) is 0 Å². The second-order valence-corrected chi connectivity index (χ2v) is 6.23. The van der Waals surface area contributed by atoms with Crippen molar-refractivity contribution in [2.45, 2.75) is 25.8 Å². The molecular weight excluding hydrogens is 311 g/mol. The molecule has 2 amide bonds. The number of nitrogens with one attached hydrogen (secondary N) is 1. The predicted molar refractivity (Wildman–Crippen MR) is 90.9 cm³/mol. The first-order chi connectivity index (χ1) is 11.4. The molecule has 1 heterocycles. The fourth-order valence-electron chi connectivity index (χ4n) is 2.60. The van der Waals surface area contributed by atoms with E-state index in [1.807, 2.05) is 16.7 Å². The zero-order valence-corrected chi connectivity index (χ0v) is 14.0. The third-order valence-corrected chi connectivity index (χ3v) is 4.03. The summed E-state index contributed by atoms with van der Waals surface area (Å²) in [6, 6.07) is 5.71. The monoisotopic (exact) mass is 336 g/mol. The largest absolute Gasteiger partial charge is 0.340 e. The zero-order chi connectivity index (χ0) is 17.5. The highest BCUT2D eigenvalue weighted by molar-refractivity contribution is 5.92. The lowest BCUT2D eigenvalue weighted by Gasteiger charge is -2.34. The predicted octanol–water partition coefficient (Wildman–Crippen LogP) is 1.04. The summed E-state index contributed by atoms with van der Waals surface area (Å²) in [5, 5.41) is 2.74. The molecule has 3 N–H and O–H groups in total. The Labute approximate surface area is 141 Å². The highest BCUT2D eigenvalue weighted by Crippen LogP contribution is 2.09. The molecule has 1 atom stereocenters. The molecule has 1 aromatic carbocycles. The quantitative estimate of drug-likeness (QED) is 0.813. The van der Waals surface area contributed by atoms with Crippen LogP contribution in [0.2, 0.25) is 0 Å². The summed E-state index contributed by atoms with van der Waals surface area (Å²) in [4.78, 5) is 27.9. The number of anilines is 1. The van der Waals surface area contributed by atoms with Crippen LogP contribution in [0.25, 0.3) is 0 Å². The molecule has 2 rings (SSSR count). The van der Waals surface area contributed by atoms with Crippen molar-refractivity contribution in [1.29, 1.82) is 0 Å². The van der Waals surface area contributed by atoms with Gasteiger partial charge >= 0.3 is 0 Å². The molecule has 1 aromatic rings. The van der Waals surface area contributed by atoms with Crippen LogP contribution in [0.1, 0.15) is 19.8 Å². The van der Waals surface area contributed by atoms with Crippen molar-refractivity contribution in [3.8, 4) is 0 Å². The van der Waals surface area contributed by atoms with Gasteiger partial charge in [-0.25, -0.2) is 4.39 Å². The van der Waals surface area contributed by atoms with Crippen LogP contribution in [-0.4, -0.2) is 60.4 Å². The minimum atomic E-state index is -0.335. The molecule has 0 aromatic heterocycles. The van der Waals surface area contributed by atoms with Crippen molar-refractivity contribution in [3.05, 3.63) is 30.1 Å². The Morgan fingerprint density at radius 3 is 2.42 bits per heavy atom. The van der Waals surface area contributed by atoms with Crippen LogP contribution in [0.5, 0.6) is 0 Å². The van der Waals surface area contributed by atoms with Gasteiger partial charge in [0.1, 0.15) is 5.82 Å². The van der Waals surface area contributed by atoms with Gasteiger partial charge < -0.3 is 16.0 Å². The van der Waals surface area contributed by atoms with Crippen molar-refractivity contribution >= 4 is 17.5 Å². The number of piperazine rings is 1. The minimum Gasteiger partial charge on any atom is -0.340 e. The highest BCUT2D eigenvalue weighted by atomic mass is 19.1. The van der Waals surface area contributed by atoms with Gasteiger partial charge in [-0.1, -0.05) is 0 Å². The standard InChI is InChI=1S/C17H25FN4O2/c1-13(19)2-7-17(24)22-10-8-21(9-11-22)12-16(23)20-15-5-3-14(18)4-6-15/h3-6,13H,2,7-12,19H2,1H3,(H,20,23). The van der Waals surface area contributed by atoms with Gasteiger partial charge in [-0.05, 0) is 37.6 Å². The number of carbonyl (C=O) groups excluding carboxylic acids is 2. The van der Waals surface area contributed by atoms with E-state index in [1.54, 1.807) is 0 Å². The van der Waals surface area contributed by atoms with E-state index in [-0.39, 0.29) is 30.2 Å². The second-order valence-electron chi connectivity index (χ2n) is 6.23. The number of amides is 2. The second kappa shape index (κ2) is 8.75. The summed E-state index contributed by atoms with van der Waals surface area (Å²) < 4.78 is 12.8. The first-order valence-corrected chi connectivity index (χ1v) is 8.25. The van der Waals surface area contributed by atoms with Crippen molar-refractivity contribution in [3.63, 3.8) is 0 Å². The molecular formula is C17H25FN4O2. The van der Waals surface area contributed by atoms with Gasteiger partial charge in [0.15, 0.2) is 0 Å². The number of carbonyl (C=O) groups is 2. The highest BCUT2D eigenvalue weighted by Gasteiger charge is 2.22. The Bertz CT molecular complexity index is 554. The molecule has 0 radical (unpaired) electrons. The molecule has 1 unspecified atom stereocenters. The van der Waals surface area contributed by atoms with E-state index in [2.05, 4.69) is 5.32 Å². The van der Waals surface area contributed by atoms with E-state index in [4.69, 9.17) is 5.73 Å². The van der Waals surface area contributed by atoms with Gasteiger partial charge in [0.05, 0.1) is 6.54 Å². The zero-order valence-electron chi connectivity index (χ0n) is 14.0. The normalized spacial score (nSPS) is 16.7. The van der Waals surface area contributed by atoms with Crippen LogP contribution >= 0.6 is 0 Å². The van der Waals surface area contributed by atoms with Crippen molar-refractivity contribution in [1.82, 2.24) is 9.80 Å². The lowest BCUT2D eigenvalue weighted by molar-refractivity contribution is -0.133. The maximum absolute atomic E-state index is 12.8. The number of hydrogen-bond donors (Lipinski definition) is 2. The SMILES string of the molecule is CC(N)CCC(=O)N1CCN(CC(=O)Nc2ccc(F)cc2)CC1. The summed E-state index contributed by atoms with van der Waals surface area (Å²) >= 11 is 0. The molecule has 0 saturated carbocycles. The molecule has 0 aliphatic carbocycles. The van der Waals surface area contributed by atoms with Gasteiger partial charge in [0.25, 0.3) is 0 Å². The molecule has 1 aliphatic heterocycles. The molecule has 1 aliphatic rings. The first kappa shape index (κ1) is 18.4. The fraction of sp³-hybridized carbons (Fsp3) is 0.529. The summed E-state index contributed by atoms with van der Waals surface area (Å²) in [5.41, 5.74) is 6.25. The Morgan fingerprint density at radius 2 is 1.83 bits per heavy atom. The van der Waals surface area contributed by atoms with E-state index in [1.165, 1.54) is 24.3 Å². The summed E-state index contributed by atoms with van der Waals surface area (Å²) in [5.74, 6) is -0.348. The van der Waals surface area contributed by atoms with E-state index in [9.17, 15) is 14.0 Å². The summed E-state index contributed by atoms with van der Waals surface area (Å²) in [7, 11) is 0. The van der Waals surface area contributed by atoms with Crippen LogP contribution in [0, 0.1) is 5.82 Å². The third-order valence-electron chi connectivity index (χ3n) is 4.03. The van der Waals surface area contributed by atoms with Crippen molar-refractivity contribution in [2.75, 3.05) is 38.0 Å². The molecule has 24 heavy (non-hydrogen) atoms. The number of nitrogens with two attached hydrogens (primary N) is 1. The van der Waals surface area contributed by atoms with Crippen LogP contribution < -0.4 is 11.1 Å². The van der Waals surface area contributed by atoms with Crippen LogP contribution in [-0.2, 0) is 9.59 Å². The van der Waals surface area contributed by atoms with Crippen molar-refractivity contribution in [2.24, 2.45) is 5.73 Å². The minimum absolute atomic E-state index is 0.0328. The molecule has 7 heteroatoms. The topological polar surface area (TPSA) is 78.7 Å². The Hall–Kier alpha value is -1.99. The lowest BCUT2D eigenvalue weighted by atomic mass is 10.1. The Morgan fingerprint density at radius 1 is 1.21 bits per heavy atom. The Balaban J connectivity index is 1.71. The number of nitrogens with zero attached hydrogens (tertiary/aromatic N) is 2. The number of benzene rings is 1. The molecule has 0 bridgehead atoms. The van der Waals surface area contributed by atoms with E-state index < -0.39 is 0 Å². The van der Waals surface area contributed by atoms with Gasteiger partial charge in [-0.15, -0.1) is 0 Å². The molecule has 1 fully saturated rings. The van der Waals surface area contributed by atoms with Crippen LogP contribution in [0.4, 0.5) is 10.1 Å². The van der Waals surface area contributed by atoms with Gasteiger partial charge in [-0.2, -0.15) is 0 Å². The van der Waals surface area contributed by atoms with Gasteiger partial charge in [0.2, 0.25) is 11.8 Å². The van der Waals surface area contributed by atoms with Crippen LogP contribution in [0.15, 0.2) is 24.3 Å². The fourth-order valence-corrected chi connectivity index (χ4v) is 2.60. The van der Waals surface area contributed by atoms with E-state index in [0.717, 1.165) is 0 Å². The van der Waals surface area contributed by atoms with Crippen molar-refractivity contribution < 1.29 is 14.0 Å². The molecule has 6 nitrogen and oxygen atoms in total. The molecule has 0 spiro atoms. The Kier molecular flexibility index (Phi) is 6.69. The van der Waals surface area contributed by atoms with Gasteiger partial charge in [0, 0.05) is 44.3 Å². The molecule has 1 saturated heterocycles. The van der Waals surface area contributed by atoms with Gasteiger partial charge in [-0.3, -0.25) is 14.5 Å². The maximum Gasteiger partial charge on any atom is 0.238 e. The number of rotatable bonds is 6. The van der Waals surface area contributed by atoms with E-state index in [0.29, 0.717) is 44.7 Å². The summed E-state index contributed by atoms with van der Waals surface area (Å²) in [6.07, 6.45) is 1.17. The van der Waals surface area contributed by atoms with E-state index >= 15 is 0 Å². The average Bonchev–Trinajstić information content (AvgIpc) is 2.55. The number of hydrogen-bond acceptors (Lipinski definition) is 4. The average molecular weight is 336 g/mol. The number of halogens is 1. The lowest BCUT2D eigenvalue weighted by Crippen LogP contribution is -2.50. The maximum atomic E-state index is 12.8. The third kappa shape index (κ3) is 5.90. The molecule has 132 valence electrons. The summed E-state index contributed by atoms with van der Waals surface area (Å²) in [6.45, 7) is 4.74. The first-order valence-electron chi connectivity index (χ1n) is 8.25.